The molecule has 0 spiro atoms. The van der Waals surface area contributed by atoms with Gasteiger partial charge in [-0.05, 0) is 404 Å². The summed E-state index contributed by atoms with van der Waals surface area (Å²) < 4.78 is 0. The van der Waals surface area contributed by atoms with Crippen LogP contribution in [0, 0.1) is 55.4 Å². The molecule has 0 bridgehead atoms. The number of rotatable bonds is 34. The SMILES string of the molecule is CCN(CC)CCC1(c2ccc(C)cc2)CCCC1.CNC(=O)CC1(c2ccc(C)cc2)CCCC1.CNCCC1(c2ccc(C)cc2)CCCC1.Cc1ccc(C2(CCN(C)C)CCCC2)cc1.Cc1ccc(C2(CCN)CCCC2)cc1.Cc1ccc(C2(CCN3CCCC3)CCCC2)cc1.Cc1ccc(C2(CCNC(C)C)CCCC2)cc1.Cc1ccc(C2(CCNC3CC3)CCCC2)cc1. The van der Waals surface area contributed by atoms with E-state index in [9.17, 15) is 4.79 Å². The monoisotopic (exact) mass is 1890 g/mol. The number of hydrogen-bond donors (Lipinski definition) is 5. The molecule has 10 aliphatic rings. The molecular formula is C130H198N8O. The number of nitrogens with zero attached hydrogens (tertiary/aromatic N) is 3. The van der Waals surface area contributed by atoms with Crippen LogP contribution >= 0.6 is 0 Å². The molecule has 0 unspecified atom stereocenters. The van der Waals surface area contributed by atoms with E-state index in [4.69, 9.17) is 5.73 Å². The number of hydrogen-bond acceptors (Lipinski definition) is 8. The first-order valence-electron chi connectivity index (χ1n) is 56.9. The fourth-order valence-electron chi connectivity index (χ4n) is 26.2. The lowest BCUT2D eigenvalue weighted by molar-refractivity contribution is -0.121. The van der Waals surface area contributed by atoms with E-state index in [1.807, 2.05) is 0 Å². The van der Waals surface area contributed by atoms with Gasteiger partial charge in [-0.2, -0.15) is 0 Å². The fraction of sp³-hybridized carbons (Fsp3) is 0.623. The van der Waals surface area contributed by atoms with E-state index in [1.54, 1.807) is 40.4 Å². The molecule has 8 aromatic rings. The van der Waals surface area contributed by atoms with E-state index < -0.39 is 0 Å². The Balaban J connectivity index is 0.000000152. The number of carbonyl (C=O) groups excluding carboxylic acids is 1. The van der Waals surface area contributed by atoms with Crippen LogP contribution in [0.1, 0.15) is 399 Å². The molecule has 9 nitrogen and oxygen atoms in total. The predicted octanol–water partition coefficient (Wildman–Crippen LogP) is 30.2. The third-order valence-electron chi connectivity index (χ3n) is 35.8. The van der Waals surface area contributed by atoms with Gasteiger partial charge in [0.15, 0.2) is 0 Å². The predicted molar refractivity (Wildman–Crippen MR) is 601 cm³/mol. The Morgan fingerprint density at radius 2 is 0.576 bits per heavy atom. The van der Waals surface area contributed by atoms with Gasteiger partial charge in [0, 0.05) is 31.0 Å². The summed E-state index contributed by atoms with van der Waals surface area (Å²) in [6.45, 7) is 39.4. The zero-order valence-electron chi connectivity index (χ0n) is 91.3. The van der Waals surface area contributed by atoms with Gasteiger partial charge in [0.25, 0.3) is 0 Å². The summed E-state index contributed by atoms with van der Waals surface area (Å²) in [4.78, 5) is 19.3. The van der Waals surface area contributed by atoms with Crippen molar-refractivity contribution in [1.82, 2.24) is 36.0 Å². The first kappa shape index (κ1) is 112. The summed E-state index contributed by atoms with van der Waals surface area (Å²) in [6, 6.07) is 74.9. The first-order chi connectivity index (χ1) is 67.2. The second kappa shape index (κ2) is 56.4. The topological polar surface area (TPSA) is 101 Å². The van der Waals surface area contributed by atoms with Crippen molar-refractivity contribution in [2.45, 2.75) is 421 Å². The molecule has 1 aliphatic heterocycles. The minimum absolute atomic E-state index is 0.0911. The number of nitrogens with one attached hydrogen (secondary N) is 4. The van der Waals surface area contributed by atoms with E-state index >= 15 is 0 Å². The second-order valence-corrected chi connectivity index (χ2v) is 46.5. The first-order valence-corrected chi connectivity index (χ1v) is 56.9. The molecule has 0 atom stereocenters. The van der Waals surface area contributed by atoms with E-state index in [0.29, 0.717) is 50.4 Å². The van der Waals surface area contributed by atoms with Crippen LogP contribution in [0.2, 0.25) is 0 Å². The van der Waals surface area contributed by atoms with E-state index in [-0.39, 0.29) is 11.3 Å². The maximum absolute atomic E-state index is 11.7. The maximum atomic E-state index is 11.7. The van der Waals surface area contributed by atoms with E-state index in [2.05, 4.69) is 334 Å². The van der Waals surface area contributed by atoms with Crippen molar-refractivity contribution in [1.29, 1.82) is 0 Å². The van der Waals surface area contributed by atoms with Crippen molar-refractivity contribution >= 4 is 5.91 Å². The van der Waals surface area contributed by atoms with Gasteiger partial charge in [-0.1, -0.05) is 369 Å². The number of amides is 1. The highest BCUT2D eigenvalue weighted by Crippen LogP contribution is 2.51. The standard InChI is InChI=1S/C18H27N.C18H29N.C17H25N.C17H27N.C16H25N.C15H21NO.C15H23N.C14H21N/c1-16-6-8-17(9-7-16)18(10-2-3-11-18)12-15-19-13-4-5-14-19;1-4-19(5-2)15-14-18(12-6-7-13-18)17-10-8-16(3)9-11-17;1-14-4-6-15(7-5-14)17(10-2-3-11-17)12-13-18-16-8-9-16;1-14(2)18-13-12-17(10-4-5-11-17)16-8-6-15(3)7-9-16;1-14-6-8-15(9-7-14)16(10-4-5-11-16)12-13-17(2)3;1-12-5-7-13(8-6-12)15(9-3-4-10-15)11-14(17)16-2;1-13-5-7-14(8-6-13)15(11-12-16-2)9-3-4-10-15;1-12-4-6-13(7-5-12)14(10-11-15)8-2-3-9-14/h6-9H,2-5,10-15H2,1H3;8-11H,4-7,12-15H2,1-3H3;4-7,16,18H,2-3,8-13H2,1H3;6-9,14,18H,4-5,10-13H2,1-3H3;6-9H,4-5,10-13H2,1-3H3;5-8H,3-4,9-11H2,1-2H3,(H,16,17);5-8,16H,3-4,9-12H2,1-2H3;4-7H,2-3,8-11,15H2,1H3. The zero-order chi connectivity index (χ0) is 99.0. The Bertz CT molecular complexity index is 4540. The summed E-state index contributed by atoms with van der Waals surface area (Å²) in [5, 5.41) is 13.3. The average Bonchev–Trinajstić information content (AvgIpc) is 1.74. The molecule has 0 aromatic heterocycles. The molecular weight excluding hydrogens is 1690 g/mol. The summed E-state index contributed by atoms with van der Waals surface area (Å²) >= 11 is 0. The van der Waals surface area contributed by atoms with Gasteiger partial charge >= 0.3 is 0 Å². The van der Waals surface area contributed by atoms with Crippen LogP contribution in [0.25, 0.3) is 0 Å². The molecule has 764 valence electrons. The Morgan fingerprint density at radius 3 is 0.827 bits per heavy atom. The minimum Gasteiger partial charge on any atom is -0.359 e. The third kappa shape index (κ3) is 33.5. The van der Waals surface area contributed by atoms with Gasteiger partial charge in [0.05, 0.1) is 0 Å². The lowest BCUT2D eigenvalue weighted by Gasteiger charge is -2.32. The van der Waals surface area contributed by atoms with Gasteiger partial charge in [-0.3, -0.25) is 4.79 Å². The molecule has 1 amide bonds. The highest BCUT2D eigenvalue weighted by atomic mass is 16.1. The van der Waals surface area contributed by atoms with Gasteiger partial charge in [-0.15, -0.1) is 0 Å². The number of carbonyl (C=O) groups is 1. The molecule has 1 heterocycles. The number of benzene rings is 8. The summed E-state index contributed by atoms with van der Waals surface area (Å²) in [5.74, 6) is 0.160. The molecule has 9 aliphatic carbocycles. The molecule has 6 N–H and O–H groups in total. The van der Waals surface area contributed by atoms with Gasteiger partial charge in [-0.25, -0.2) is 0 Å². The van der Waals surface area contributed by atoms with Crippen molar-refractivity contribution in [3.05, 3.63) is 283 Å². The molecule has 139 heavy (non-hydrogen) atoms. The molecule has 9 saturated carbocycles. The van der Waals surface area contributed by atoms with Crippen molar-refractivity contribution < 1.29 is 4.79 Å². The quantitative estimate of drug-likeness (QED) is 0.0272. The van der Waals surface area contributed by atoms with E-state index in [1.165, 1.54) is 365 Å². The minimum atomic E-state index is 0.0911. The van der Waals surface area contributed by atoms with Crippen LogP contribution in [0.15, 0.2) is 194 Å². The Morgan fingerprint density at radius 1 is 0.331 bits per heavy atom. The Kier molecular flexibility index (Phi) is 45.6. The van der Waals surface area contributed by atoms with Crippen LogP contribution in [0.5, 0.6) is 0 Å². The van der Waals surface area contributed by atoms with Crippen LogP contribution < -0.4 is 27.0 Å². The van der Waals surface area contributed by atoms with Gasteiger partial charge in [0.1, 0.15) is 0 Å². The molecule has 9 heteroatoms. The fourth-order valence-corrected chi connectivity index (χ4v) is 26.2. The normalized spacial score (nSPS) is 19.7. The maximum Gasteiger partial charge on any atom is 0.220 e. The molecule has 18 rings (SSSR count). The number of likely N-dealkylation sites (tertiary alicyclic amines) is 1. The zero-order valence-corrected chi connectivity index (χ0v) is 91.3. The number of nitrogens with two attached hydrogens (primary N) is 1. The largest absolute Gasteiger partial charge is 0.359 e. The molecule has 8 aromatic carbocycles. The van der Waals surface area contributed by atoms with Crippen molar-refractivity contribution in [2.24, 2.45) is 5.73 Å². The van der Waals surface area contributed by atoms with Crippen molar-refractivity contribution in [3.63, 3.8) is 0 Å². The summed E-state index contributed by atoms with van der Waals surface area (Å²) in [6.07, 6.45) is 59.0. The van der Waals surface area contributed by atoms with Crippen molar-refractivity contribution in [2.75, 3.05) is 100 Å². The summed E-state index contributed by atoms with van der Waals surface area (Å²) in [5.41, 5.74) is 32.3. The Labute approximate surface area is 851 Å². The number of aryl methyl sites for hydroxylation is 8. The highest BCUT2D eigenvalue weighted by Gasteiger charge is 2.43. The van der Waals surface area contributed by atoms with Crippen molar-refractivity contribution in [3.8, 4) is 0 Å². The van der Waals surface area contributed by atoms with Crippen LogP contribution in [-0.4, -0.2) is 133 Å². The highest BCUT2D eigenvalue weighted by molar-refractivity contribution is 5.77. The molecule has 10 fully saturated rings. The molecule has 1 saturated heterocycles. The van der Waals surface area contributed by atoms with E-state index in [0.717, 1.165) is 44.9 Å². The lowest BCUT2D eigenvalue weighted by Crippen LogP contribution is -2.31. The van der Waals surface area contributed by atoms with Crippen LogP contribution in [-0.2, 0) is 48.1 Å². The average molecular weight is 1890 g/mol. The van der Waals surface area contributed by atoms with Crippen LogP contribution in [0.3, 0.4) is 0 Å². The van der Waals surface area contributed by atoms with Gasteiger partial charge < -0.3 is 41.7 Å². The molecule has 0 radical (unpaired) electrons. The van der Waals surface area contributed by atoms with Crippen LogP contribution in [0.4, 0.5) is 0 Å². The summed E-state index contributed by atoms with van der Waals surface area (Å²) in [7, 11) is 8.13. The lowest BCUT2D eigenvalue weighted by atomic mass is 9.75. The smallest absolute Gasteiger partial charge is 0.220 e. The Hall–Kier alpha value is -7.05. The second-order valence-electron chi connectivity index (χ2n) is 46.5. The third-order valence-corrected chi connectivity index (χ3v) is 35.8. The van der Waals surface area contributed by atoms with Gasteiger partial charge in [0.2, 0.25) is 5.91 Å².